The van der Waals surface area contributed by atoms with E-state index in [1.165, 1.54) is 56.1 Å². The molecule has 4 nitrogen and oxygen atoms in total. The zero-order valence-corrected chi connectivity index (χ0v) is 18.5. The fourth-order valence-corrected chi connectivity index (χ4v) is 5.05. The number of thiophene rings is 1. The summed E-state index contributed by atoms with van der Waals surface area (Å²) in [5, 5.41) is 4.80. The number of amides is 1. The molecule has 0 radical (unpaired) electrons. The fraction of sp³-hybridized carbons (Fsp3) is 0.308. The van der Waals surface area contributed by atoms with Crippen LogP contribution in [0, 0.1) is 0 Å². The molecule has 1 N–H and O–H groups in total. The van der Waals surface area contributed by atoms with Crippen LogP contribution in [0.2, 0.25) is 0 Å². The third-order valence-corrected chi connectivity index (χ3v) is 6.92. The molecule has 0 spiro atoms. The summed E-state index contributed by atoms with van der Waals surface area (Å²) in [7, 11) is 1.32. The van der Waals surface area contributed by atoms with Crippen molar-refractivity contribution in [2.45, 2.75) is 44.1 Å². The van der Waals surface area contributed by atoms with Crippen LogP contribution in [0.25, 0.3) is 11.1 Å². The number of methoxy groups -OCH3 is 1. The smallest absolute Gasteiger partial charge is 0.333 e. The molecule has 160 valence electrons. The maximum absolute atomic E-state index is 12.8. The highest BCUT2D eigenvalue weighted by molar-refractivity contribution is 7.12. The maximum Gasteiger partial charge on any atom is 0.333 e. The molecule has 1 aliphatic rings. The number of hydrogen-bond donors (Lipinski definition) is 1. The monoisotopic (exact) mass is 433 g/mol. The molecular formula is C26H27NO3S. The predicted octanol–water partition coefficient (Wildman–Crippen LogP) is 6.11. The van der Waals surface area contributed by atoms with Crippen molar-refractivity contribution in [1.82, 2.24) is 5.32 Å². The average molecular weight is 434 g/mol. The minimum Gasteiger partial charge on any atom is -0.467 e. The van der Waals surface area contributed by atoms with Gasteiger partial charge in [-0.15, -0.1) is 11.3 Å². The summed E-state index contributed by atoms with van der Waals surface area (Å²) in [6, 6.07) is 18.9. The van der Waals surface area contributed by atoms with Crippen molar-refractivity contribution < 1.29 is 14.3 Å². The van der Waals surface area contributed by atoms with E-state index in [1.54, 1.807) is 12.1 Å². The van der Waals surface area contributed by atoms with Crippen molar-refractivity contribution in [3.8, 4) is 11.1 Å². The Bertz CT molecular complexity index is 1020. The van der Waals surface area contributed by atoms with E-state index in [-0.39, 0.29) is 5.91 Å². The molecule has 1 heterocycles. The normalized spacial score (nSPS) is 15.3. The molecule has 1 atom stereocenters. The number of hydrogen-bond acceptors (Lipinski definition) is 4. The van der Waals surface area contributed by atoms with Gasteiger partial charge >= 0.3 is 5.97 Å². The van der Waals surface area contributed by atoms with Crippen LogP contribution in [0.3, 0.4) is 0 Å². The highest BCUT2D eigenvalue weighted by Gasteiger charge is 2.24. The van der Waals surface area contributed by atoms with Crippen molar-refractivity contribution in [1.29, 1.82) is 0 Å². The van der Waals surface area contributed by atoms with Crippen LogP contribution in [-0.2, 0) is 9.53 Å². The van der Waals surface area contributed by atoms with Crippen molar-refractivity contribution in [2.24, 2.45) is 0 Å². The Labute approximate surface area is 187 Å². The predicted molar refractivity (Wildman–Crippen MR) is 124 cm³/mol. The summed E-state index contributed by atoms with van der Waals surface area (Å²) >= 11 is 1.38. The first kappa shape index (κ1) is 21.3. The lowest BCUT2D eigenvalue weighted by atomic mass is 9.84. The highest BCUT2D eigenvalue weighted by Crippen LogP contribution is 2.34. The molecule has 1 amide bonds. The lowest BCUT2D eigenvalue weighted by Gasteiger charge is -2.22. The van der Waals surface area contributed by atoms with Gasteiger partial charge in [-0.05, 0) is 52.5 Å². The summed E-state index contributed by atoms with van der Waals surface area (Å²) in [4.78, 5) is 25.6. The number of carbonyl (C=O) groups excluding carboxylic acids is 2. The molecule has 4 rings (SSSR count). The molecule has 0 bridgehead atoms. The van der Waals surface area contributed by atoms with E-state index in [9.17, 15) is 9.59 Å². The molecule has 2 aromatic carbocycles. The summed E-state index contributed by atoms with van der Waals surface area (Å²) < 4.78 is 4.89. The second-order valence-electron chi connectivity index (χ2n) is 8.00. The van der Waals surface area contributed by atoms with Gasteiger partial charge in [-0.1, -0.05) is 73.9 Å². The van der Waals surface area contributed by atoms with Gasteiger partial charge in [0.25, 0.3) is 5.91 Å². The largest absolute Gasteiger partial charge is 0.467 e. The number of rotatable bonds is 6. The molecule has 3 aromatic rings. The van der Waals surface area contributed by atoms with E-state index in [4.69, 9.17) is 4.74 Å². The second-order valence-corrected chi connectivity index (χ2v) is 8.91. The van der Waals surface area contributed by atoms with Gasteiger partial charge in [-0.2, -0.15) is 0 Å². The van der Waals surface area contributed by atoms with Gasteiger partial charge in [0.05, 0.1) is 12.0 Å². The van der Waals surface area contributed by atoms with Crippen LogP contribution < -0.4 is 5.32 Å². The first-order valence-electron chi connectivity index (χ1n) is 10.8. The zero-order chi connectivity index (χ0) is 21.6. The number of nitrogens with one attached hydrogen (secondary N) is 1. The van der Waals surface area contributed by atoms with Crippen LogP contribution in [0.4, 0.5) is 0 Å². The maximum atomic E-state index is 12.8. The molecule has 1 aromatic heterocycles. The van der Waals surface area contributed by atoms with Gasteiger partial charge in [0.15, 0.2) is 6.04 Å². The lowest BCUT2D eigenvalue weighted by Crippen LogP contribution is -2.34. The van der Waals surface area contributed by atoms with E-state index < -0.39 is 12.0 Å². The van der Waals surface area contributed by atoms with Crippen molar-refractivity contribution in [3.05, 3.63) is 82.0 Å². The van der Waals surface area contributed by atoms with Crippen molar-refractivity contribution in [2.75, 3.05) is 7.11 Å². The van der Waals surface area contributed by atoms with Crippen LogP contribution in [-0.4, -0.2) is 19.0 Å². The van der Waals surface area contributed by atoms with E-state index >= 15 is 0 Å². The average Bonchev–Trinajstić information content (AvgIpc) is 3.34. The number of benzene rings is 2. The number of ether oxygens (including phenoxy) is 1. The van der Waals surface area contributed by atoms with Gasteiger partial charge in [0.2, 0.25) is 0 Å². The van der Waals surface area contributed by atoms with Crippen LogP contribution in [0.15, 0.2) is 66.0 Å². The molecule has 0 saturated heterocycles. The number of carbonyl (C=O) groups is 2. The Balaban J connectivity index is 1.47. The summed E-state index contributed by atoms with van der Waals surface area (Å²) in [6.07, 6.45) is 6.57. The van der Waals surface area contributed by atoms with Crippen molar-refractivity contribution >= 4 is 23.2 Å². The van der Waals surface area contributed by atoms with E-state index in [1.807, 2.05) is 29.6 Å². The van der Waals surface area contributed by atoms with E-state index in [0.717, 1.165) is 11.1 Å². The Kier molecular flexibility index (Phi) is 6.82. The molecular weight excluding hydrogens is 406 g/mol. The Morgan fingerprint density at radius 3 is 2.35 bits per heavy atom. The molecule has 31 heavy (non-hydrogen) atoms. The molecule has 0 aliphatic heterocycles. The molecule has 5 heteroatoms. The quantitative estimate of drug-likeness (QED) is 0.477. The van der Waals surface area contributed by atoms with Crippen LogP contribution in [0.1, 0.15) is 64.9 Å². The van der Waals surface area contributed by atoms with Crippen molar-refractivity contribution in [3.63, 3.8) is 0 Å². The van der Waals surface area contributed by atoms with Gasteiger partial charge < -0.3 is 10.1 Å². The summed E-state index contributed by atoms with van der Waals surface area (Å²) in [5.41, 5.74) is 4.22. The zero-order valence-electron chi connectivity index (χ0n) is 17.7. The molecule has 1 aliphatic carbocycles. The Hall–Kier alpha value is -2.92. The molecule has 1 fully saturated rings. The third kappa shape index (κ3) is 5.05. The number of esters is 1. The first-order chi connectivity index (χ1) is 15.2. The standard InChI is InChI=1S/C26H27NO3S/c1-30-26(29)24(21-10-6-3-7-11-21)27-25(28)23-16-22(17-31-23)20-14-12-19(13-15-20)18-8-4-2-5-9-18/h3,6-7,10-18,24H,2,4-5,8-9H2,1H3,(H,27,28)/t24-/m0/s1. The van der Waals surface area contributed by atoms with Crippen LogP contribution in [0.5, 0.6) is 0 Å². The van der Waals surface area contributed by atoms with Gasteiger partial charge in [0, 0.05) is 0 Å². The Morgan fingerprint density at radius 2 is 1.68 bits per heavy atom. The topological polar surface area (TPSA) is 55.4 Å². The molecule has 0 unspecified atom stereocenters. The van der Waals surface area contributed by atoms with Gasteiger partial charge in [-0.25, -0.2) is 4.79 Å². The summed E-state index contributed by atoms with van der Waals surface area (Å²) in [6.45, 7) is 0. The second kappa shape index (κ2) is 9.92. The van der Waals surface area contributed by atoms with Crippen LogP contribution >= 0.6 is 11.3 Å². The van der Waals surface area contributed by atoms with Gasteiger partial charge in [0.1, 0.15) is 0 Å². The van der Waals surface area contributed by atoms with E-state index in [2.05, 4.69) is 29.6 Å². The minimum absolute atomic E-state index is 0.283. The lowest BCUT2D eigenvalue weighted by molar-refractivity contribution is -0.143. The van der Waals surface area contributed by atoms with Gasteiger partial charge in [-0.3, -0.25) is 4.79 Å². The third-order valence-electron chi connectivity index (χ3n) is 5.99. The Morgan fingerprint density at radius 1 is 0.968 bits per heavy atom. The SMILES string of the molecule is COC(=O)[C@@H](NC(=O)c1cc(-c2ccc(C3CCCCC3)cc2)cs1)c1ccccc1. The summed E-state index contributed by atoms with van der Waals surface area (Å²) in [5.74, 6) is -0.0937. The fourth-order valence-electron chi connectivity index (χ4n) is 4.23. The minimum atomic E-state index is -0.834. The highest BCUT2D eigenvalue weighted by atomic mass is 32.1. The molecule has 1 saturated carbocycles. The first-order valence-corrected chi connectivity index (χ1v) is 11.7. The van der Waals surface area contributed by atoms with E-state index in [0.29, 0.717) is 16.4 Å².